The second-order valence-corrected chi connectivity index (χ2v) is 9.15. The SMILES string of the molecule is CCOC(=O)c1ccc(NC(=O)Cc2ccc(NC3=C(Cl)C(=O)N(c4cccc(Cl)c4C)C3=O)cc2)cc1. The molecule has 0 aromatic heterocycles. The Morgan fingerprint density at radius 2 is 1.55 bits per heavy atom. The number of nitrogens with zero attached hydrogens (tertiary/aromatic N) is 1. The normalized spacial score (nSPS) is 13.1. The summed E-state index contributed by atoms with van der Waals surface area (Å²) in [6, 6.07) is 18.2. The summed E-state index contributed by atoms with van der Waals surface area (Å²) in [5, 5.41) is 5.89. The fourth-order valence-electron chi connectivity index (χ4n) is 3.81. The van der Waals surface area contributed by atoms with Crippen LogP contribution in [0.5, 0.6) is 0 Å². The molecule has 0 aliphatic carbocycles. The van der Waals surface area contributed by atoms with Crippen molar-refractivity contribution in [1.29, 1.82) is 0 Å². The summed E-state index contributed by atoms with van der Waals surface area (Å²) in [5.41, 5.74) is 3.08. The second kappa shape index (κ2) is 11.5. The molecule has 0 saturated heterocycles. The third-order valence-corrected chi connectivity index (χ3v) is 6.54. The van der Waals surface area contributed by atoms with Crippen molar-refractivity contribution in [2.24, 2.45) is 0 Å². The number of benzene rings is 3. The van der Waals surface area contributed by atoms with Crippen molar-refractivity contribution in [2.75, 3.05) is 22.1 Å². The van der Waals surface area contributed by atoms with Crippen molar-refractivity contribution in [2.45, 2.75) is 20.3 Å². The lowest BCUT2D eigenvalue weighted by molar-refractivity contribution is -0.120. The number of carbonyl (C=O) groups excluding carboxylic acids is 4. The van der Waals surface area contributed by atoms with E-state index in [1.54, 1.807) is 80.6 Å². The minimum Gasteiger partial charge on any atom is -0.462 e. The Morgan fingerprint density at radius 3 is 2.21 bits per heavy atom. The predicted molar refractivity (Wildman–Crippen MR) is 146 cm³/mol. The summed E-state index contributed by atoms with van der Waals surface area (Å²) >= 11 is 12.4. The van der Waals surface area contributed by atoms with Crippen LogP contribution in [0.1, 0.15) is 28.4 Å². The molecule has 1 aliphatic rings. The molecule has 3 aromatic rings. The fraction of sp³-hybridized carbons (Fsp3) is 0.143. The quantitative estimate of drug-likeness (QED) is 0.285. The number of imide groups is 1. The zero-order valence-corrected chi connectivity index (χ0v) is 22.0. The molecule has 4 rings (SSSR count). The van der Waals surface area contributed by atoms with Crippen LogP contribution in [0.25, 0.3) is 0 Å². The van der Waals surface area contributed by atoms with Gasteiger partial charge >= 0.3 is 5.97 Å². The number of hydrogen-bond acceptors (Lipinski definition) is 6. The van der Waals surface area contributed by atoms with Gasteiger partial charge in [-0.1, -0.05) is 41.4 Å². The summed E-state index contributed by atoms with van der Waals surface area (Å²) in [7, 11) is 0. The zero-order valence-electron chi connectivity index (χ0n) is 20.5. The standard InChI is InChI=1S/C28H23Cl2N3O5/c1-3-38-28(37)18-9-13-19(14-10-18)31-23(34)15-17-7-11-20(12-8-17)32-25-24(30)26(35)33(27(25)36)22-6-4-5-21(29)16(22)2/h4-14,32H,3,15H2,1-2H3,(H,31,34). The molecule has 0 saturated carbocycles. The summed E-state index contributed by atoms with van der Waals surface area (Å²) in [4.78, 5) is 51.0. The molecule has 194 valence electrons. The predicted octanol–water partition coefficient (Wildman–Crippen LogP) is 5.44. The van der Waals surface area contributed by atoms with E-state index in [9.17, 15) is 19.2 Å². The molecule has 0 unspecified atom stereocenters. The van der Waals surface area contributed by atoms with E-state index in [1.807, 2.05) is 0 Å². The van der Waals surface area contributed by atoms with Gasteiger partial charge in [-0.2, -0.15) is 0 Å². The number of halogens is 2. The molecule has 8 nitrogen and oxygen atoms in total. The minimum absolute atomic E-state index is 0.0483. The van der Waals surface area contributed by atoms with E-state index >= 15 is 0 Å². The lowest BCUT2D eigenvalue weighted by Crippen LogP contribution is -2.32. The number of anilines is 3. The van der Waals surface area contributed by atoms with Crippen molar-refractivity contribution in [3.8, 4) is 0 Å². The van der Waals surface area contributed by atoms with Crippen molar-refractivity contribution in [1.82, 2.24) is 0 Å². The van der Waals surface area contributed by atoms with E-state index < -0.39 is 17.8 Å². The Morgan fingerprint density at radius 1 is 0.895 bits per heavy atom. The van der Waals surface area contributed by atoms with Gasteiger partial charge in [0.2, 0.25) is 5.91 Å². The van der Waals surface area contributed by atoms with Gasteiger partial charge in [-0.3, -0.25) is 14.4 Å². The summed E-state index contributed by atoms with van der Waals surface area (Å²) in [5.74, 6) is -1.91. The largest absolute Gasteiger partial charge is 0.462 e. The van der Waals surface area contributed by atoms with Crippen molar-refractivity contribution >= 4 is 64.0 Å². The highest BCUT2D eigenvalue weighted by atomic mass is 35.5. The van der Waals surface area contributed by atoms with Crippen molar-refractivity contribution < 1.29 is 23.9 Å². The molecule has 0 fully saturated rings. The van der Waals surface area contributed by atoms with Crippen LogP contribution in [-0.4, -0.2) is 30.3 Å². The first kappa shape index (κ1) is 26.9. The van der Waals surface area contributed by atoms with Crippen molar-refractivity contribution in [3.05, 3.63) is 99.2 Å². The molecule has 38 heavy (non-hydrogen) atoms. The van der Waals surface area contributed by atoms with E-state index in [0.29, 0.717) is 33.2 Å². The lowest BCUT2D eigenvalue weighted by Gasteiger charge is -2.18. The molecule has 0 spiro atoms. The highest BCUT2D eigenvalue weighted by molar-refractivity contribution is 6.53. The van der Waals surface area contributed by atoms with E-state index in [4.69, 9.17) is 27.9 Å². The number of hydrogen-bond donors (Lipinski definition) is 2. The van der Waals surface area contributed by atoms with Crippen LogP contribution in [-0.2, 0) is 25.5 Å². The smallest absolute Gasteiger partial charge is 0.338 e. The Bertz CT molecular complexity index is 1450. The van der Waals surface area contributed by atoms with Crippen LogP contribution >= 0.6 is 23.2 Å². The molecular formula is C28H23Cl2N3O5. The van der Waals surface area contributed by atoms with Crippen LogP contribution < -0.4 is 15.5 Å². The lowest BCUT2D eigenvalue weighted by atomic mass is 10.1. The maximum atomic E-state index is 13.1. The van der Waals surface area contributed by atoms with Gasteiger partial charge in [0.1, 0.15) is 10.7 Å². The molecule has 3 amide bonds. The first-order valence-corrected chi connectivity index (χ1v) is 12.4. The van der Waals surface area contributed by atoms with Crippen LogP contribution in [0.15, 0.2) is 77.5 Å². The van der Waals surface area contributed by atoms with Gasteiger partial charge in [0.15, 0.2) is 0 Å². The molecule has 0 atom stereocenters. The monoisotopic (exact) mass is 551 g/mol. The third kappa shape index (κ3) is 5.72. The molecular weight excluding hydrogens is 529 g/mol. The Labute approximate surface area is 229 Å². The van der Waals surface area contributed by atoms with E-state index in [1.165, 1.54) is 0 Å². The van der Waals surface area contributed by atoms with Crippen LogP contribution in [0.4, 0.5) is 17.1 Å². The third-order valence-electron chi connectivity index (χ3n) is 5.78. The first-order chi connectivity index (χ1) is 18.2. The number of ether oxygens (including phenoxy) is 1. The number of nitrogens with one attached hydrogen (secondary N) is 2. The van der Waals surface area contributed by atoms with Gasteiger partial charge in [0.05, 0.1) is 24.3 Å². The van der Waals surface area contributed by atoms with Gasteiger partial charge in [0.25, 0.3) is 11.8 Å². The maximum absolute atomic E-state index is 13.1. The highest BCUT2D eigenvalue weighted by Crippen LogP contribution is 2.34. The number of rotatable bonds is 8. The van der Waals surface area contributed by atoms with Crippen molar-refractivity contribution in [3.63, 3.8) is 0 Å². The molecule has 0 radical (unpaired) electrons. The zero-order chi connectivity index (χ0) is 27.4. The molecule has 0 bridgehead atoms. The fourth-order valence-corrected chi connectivity index (χ4v) is 4.20. The van der Waals surface area contributed by atoms with E-state index in [-0.39, 0.29) is 29.7 Å². The highest BCUT2D eigenvalue weighted by Gasteiger charge is 2.39. The summed E-state index contributed by atoms with van der Waals surface area (Å²) in [6.45, 7) is 3.73. The van der Waals surface area contributed by atoms with Crippen LogP contribution in [0.2, 0.25) is 5.02 Å². The summed E-state index contributed by atoms with van der Waals surface area (Å²) < 4.78 is 4.95. The second-order valence-electron chi connectivity index (χ2n) is 8.36. The molecule has 2 N–H and O–H groups in total. The molecule has 10 heteroatoms. The van der Waals surface area contributed by atoms with Gasteiger partial charge < -0.3 is 15.4 Å². The minimum atomic E-state index is -0.645. The Balaban J connectivity index is 1.38. The molecule has 1 aliphatic heterocycles. The number of carbonyl (C=O) groups is 4. The van der Waals surface area contributed by atoms with Gasteiger partial charge in [-0.15, -0.1) is 0 Å². The molecule has 3 aromatic carbocycles. The Kier molecular flexibility index (Phi) is 8.14. The average Bonchev–Trinajstić information content (AvgIpc) is 3.10. The van der Waals surface area contributed by atoms with Crippen LogP contribution in [0, 0.1) is 6.92 Å². The number of amides is 3. The van der Waals surface area contributed by atoms with Crippen LogP contribution in [0.3, 0.4) is 0 Å². The summed E-state index contributed by atoms with van der Waals surface area (Å²) in [6.07, 6.45) is 0.0998. The first-order valence-electron chi connectivity index (χ1n) is 11.7. The Hall–Kier alpha value is -4.14. The topological polar surface area (TPSA) is 105 Å². The average molecular weight is 552 g/mol. The van der Waals surface area contributed by atoms with Gasteiger partial charge in [-0.05, 0) is 73.5 Å². The van der Waals surface area contributed by atoms with E-state index in [2.05, 4.69) is 10.6 Å². The molecule has 1 heterocycles. The van der Waals surface area contributed by atoms with Gasteiger partial charge in [0, 0.05) is 16.4 Å². The maximum Gasteiger partial charge on any atom is 0.338 e. The van der Waals surface area contributed by atoms with Gasteiger partial charge in [-0.25, -0.2) is 9.69 Å². The van der Waals surface area contributed by atoms with E-state index in [0.717, 1.165) is 10.5 Å². The number of esters is 1.